The lowest BCUT2D eigenvalue weighted by molar-refractivity contribution is -0.134. The number of aryl methyl sites for hydroxylation is 2. The Labute approximate surface area is 252 Å². The van der Waals surface area contributed by atoms with Gasteiger partial charge in [-0.1, -0.05) is 40.9 Å². The molecule has 0 bridgehead atoms. The van der Waals surface area contributed by atoms with E-state index in [1.54, 1.807) is 6.07 Å². The van der Waals surface area contributed by atoms with Crippen LogP contribution in [0.4, 0.5) is 4.79 Å². The molecule has 3 aromatic rings. The summed E-state index contributed by atoms with van der Waals surface area (Å²) in [7, 11) is 0. The number of likely N-dealkylation sites (tertiary alicyclic amines) is 1. The largest absolute Gasteiger partial charge is 0.492 e. The number of fused-ring (bicyclic) bond motifs is 1. The number of aromatic nitrogens is 1. The van der Waals surface area contributed by atoms with Crippen molar-refractivity contribution < 1.29 is 19.4 Å². The molecular weight excluding hydrogens is 554 g/mol. The number of benzene rings is 2. The molecule has 0 spiro atoms. The number of aromatic amines is 1. The highest BCUT2D eigenvalue weighted by molar-refractivity contribution is 6.32. The van der Waals surface area contributed by atoms with Crippen LogP contribution < -0.4 is 10.3 Å². The number of nitrogens with one attached hydrogen (secondary N) is 1. The van der Waals surface area contributed by atoms with E-state index in [1.807, 2.05) is 70.7 Å². The summed E-state index contributed by atoms with van der Waals surface area (Å²) in [6.45, 7) is 12.7. The van der Waals surface area contributed by atoms with Crippen molar-refractivity contribution in [2.75, 3.05) is 13.2 Å². The van der Waals surface area contributed by atoms with Gasteiger partial charge in [-0.05, 0) is 84.1 Å². The van der Waals surface area contributed by atoms with E-state index in [2.05, 4.69) is 4.98 Å². The Morgan fingerprint density at radius 3 is 2.36 bits per heavy atom. The molecule has 1 aliphatic heterocycles. The van der Waals surface area contributed by atoms with E-state index in [-0.39, 0.29) is 42.6 Å². The summed E-state index contributed by atoms with van der Waals surface area (Å²) >= 11 is 6.67. The van der Waals surface area contributed by atoms with Crippen molar-refractivity contribution in [2.45, 2.75) is 91.8 Å². The number of rotatable bonds is 9. The molecule has 8 nitrogen and oxygen atoms in total. The Balaban J connectivity index is 1.80. The predicted molar refractivity (Wildman–Crippen MR) is 168 cm³/mol. The van der Waals surface area contributed by atoms with Gasteiger partial charge in [0.25, 0.3) is 5.56 Å². The molecular formula is C33H42ClN3O5. The molecule has 0 radical (unpaired) electrons. The van der Waals surface area contributed by atoms with Crippen LogP contribution in [0.3, 0.4) is 0 Å². The summed E-state index contributed by atoms with van der Waals surface area (Å²) in [6, 6.07) is 9.40. The standard InChI is InChI=1S/C33H42ClN3O5/c1-19(2)37(20(3)4)29(38)17-23-16-26-28(18-27(23)34)35-32(39)30(24-14-21(5)13-22(6)15-24)31(26)42-12-10-25-9-7-8-11-36(25)33(40)41/h13-16,18-20,25H,7-12,17H2,1-6H3,(H,35,39)(H,40,41). The lowest BCUT2D eigenvalue weighted by Gasteiger charge is -2.33. The molecule has 1 fully saturated rings. The van der Waals surface area contributed by atoms with Gasteiger partial charge in [-0.3, -0.25) is 9.59 Å². The minimum absolute atomic E-state index is 0.0336. The summed E-state index contributed by atoms with van der Waals surface area (Å²) in [5.41, 5.74) is 4.01. The first-order valence-corrected chi connectivity index (χ1v) is 15.2. The zero-order chi connectivity index (χ0) is 30.7. The zero-order valence-electron chi connectivity index (χ0n) is 25.4. The summed E-state index contributed by atoms with van der Waals surface area (Å²) in [5.74, 6) is 0.375. The second-order valence-electron chi connectivity index (χ2n) is 12.0. The van der Waals surface area contributed by atoms with Gasteiger partial charge in [0, 0.05) is 41.5 Å². The van der Waals surface area contributed by atoms with Gasteiger partial charge in [-0.15, -0.1) is 0 Å². The number of nitrogens with zero attached hydrogens (tertiary/aromatic N) is 2. The van der Waals surface area contributed by atoms with Crippen LogP contribution >= 0.6 is 11.6 Å². The number of carbonyl (C=O) groups excluding carboxylic acids is 1. The Morgan fingerprint density at radius 2 is 1.74 bits per heavy atom. The topological polar surface area (TPSA) is 103 Å². The molecule has 1 aliphatic rings. The lowest BCUT2D eigenvalue weighted by atomic mass is 9.98. The predicted octanol–water partition coefficient (Wildman–Crippen LogP) is 6.95. The molecule has 9 heteroatoms. The van der Waals surface area contributed by atoms with Crippen molar-refractivity contribution in [1.82, 2.24) is 14.8 Å². The number of amides is 2. The van der Waals surface area contributed by atoms with Gasteiger partial charge >= 0.3 is 6.09 Å². The molecule has 1 saturated heterocycles. The number of hydrogen-bond acceptors (Lipinski definition) is 4. The highest BCUT2D eigenvalue weighted by atomic mass is 35.5. The molecule has 2 aromatic carbocycles. The smallest absolute Gasteiger partial charge is 0.407 e. The van der Waals surface area contributed by atoms with Gasteiger partial charge in [0.1, 0.15) is 5.75 Å². The minimum atomic E-state index is -0.918. The summed E-state index contributed by atoms with van der Waals surface area (Å²) < 4.78 is 6.44. The summed E-state index contributed by atoms with van der Waals surface area (Å²) in [5, 5.41) is 10.7. The third-order valence-corrected chi connectivity index (χ3v) is 8.31. The van der Waals surface area contributed by atoms with E-state index in [4.69, 9.17) is 16.3 Å². The number of piperidine rings is 1. The van der Waals surface area contributed by atoms with Gasteiger partial charge in [0.15, 0.2) is 0 Å². The molecule has 2 N–H and O–H groups in total. The van der Waals surface area contributed by atoms with E-state index in [1.165, 1.54) is 4.90 Å². The molecule has 1 aromatic heterocycles. The van der Waals surface area contributed by atoms with Gasteiger partial charge in [0.05, 0.1) is 24.1 Å². The Morgan fingerprint density at radius 1 is 1.07 bits per heavy atom. The zero-order valence-corrected chi connectivity index (χ0v) is 26.2. The maximum atomic E-state index is 13.6. The Kier molecular flexibility index (Phi) is 9.87. The third-order valence-electron chi connectivity index (χ3n) is 7.96. The first-order chi connectivity index (χ1) is 19.9. The quantitative estimate of drug-likeness (QED) is 0.278. The average Bonchev–Trinajstić information content (AvgIpc) is 2.88. The first-order valence-electron chi connectivity index (χ1n) is 14.8. The number of pyridine rings is 1. The summed E-state index contributed by atoms with van der Waals surface area (Å²) in [6.07, 6.45) is 2.29. The number of carbonyl (C=O) groups is 2. The molecule has 2 amide bonds. The van der Waals surface area contributed by atoms with E-state index < -0.39 is 6.09 Å². The number of H-pyrrole nitrogens is 1. The van der Waals surface area contributed by atoms with E-state index >= 15 is 0 Å². The van der Waals surface area contributed by atoms with Gasteiger partial charge < -0.3 is 24.6 Å². The van der Waals surface area contributed by atoms with Crippen molar-refractivity contribution in [2.24, 2.45) is 0 Å². The van der Waals surface area contributed by atoms with Crippen molar-refractivity contribution in [3.63, 3.8) is 0 Å². The monoisotopic (exact) mass is 595 g/mol. The number of halogens is 1. The Bertz CT molecular complexity index is 1500. The van der Waals surface area contributed by atoms with E-state index in [9.17, 15) is 19.5 Å². The molecule has 1 atom stereocenters. The van der Waals surface area contributed by atoms with Crippen molar-refractivity contribution in [3.05, 3.63) is 62.4 Å². The fraction of sp³-hybridized carbons (Fsp3) is 0.485. The fourth-order valence-electron chi connectivity index (χ4n) is 6.27. The van der Waals surface area contributed by atoms with Crippen LogP contribution in [0.1, 0.15) is 70.1 Å². The van der Waals surface area contributed by atoms with Crippen molar-refractivity contribution in [3.8, 4) is 16.9 Å². The highest BCUT2D eigenvalue weighted by Crippen LogP contribution is 2.37. The molecule has 0 saturated carbocycles. The summed E-state index contributed by atoms with van der Waals surface area (Å²) in [4.78, 5) is 45.0. The minimum Gasteiger partial charge on any atom is -0.492 e. The van der Waals surface area contributed by atoms with Crippen LogP contribution in [-0.4, -0.2) is 63.2 Å². The normalized spacial score (nSPS) is 15.5. The second-order valence-corrected chi connectivity index (χ2v) is 12.4. The maximum absolute atomic E-state index is 13.6. The number of hydrogen-bond donors (Lipinski definition) is 2. The molecule has 0 aliphatic carbocycles. The van der Waals surface area contributed by atoms with Crippen LogP contribution in [-0.2, 0) is 11.2 Å². The molecule has 2 heterocycles. The van der Waals surface area contributed by atoms with Crippen molar-refractivity contribution in [1.29, 1.82) is 0 Å². The highest BCUT2D eigenvalue weighted by Gasteiger charge is 2.27. The number of ether oxygens (including phenoxy) is 1. The van der Waals surface area contributed by atoms with Crippen LogP contribution in [0, 0.1) is 13.8 Å². The van der Waals surface area contributed by atoms with Gasteiger partial charge in [0.2, 0.25) is 5.91 Å². The van der Waals surface area contributed by atoms with E-state index in [0.29, 0.717) is 45.8 Å². The molecule has 1 unspecified atom stereocenters. The Hall–Kier alpha value is -3.52. The van der Waals surface area contributed by atoms with Crippen LogP contribution in [0.15, 0.2) is 35.1 Å². The lowest BCUT2D eigenvalue weighted by Crippen LogP contribution is -2.43. The molecule has 4 rings (SSSR count). The van der Waals surface area contributed by atoms with Crippen molar-refractivity contribution >= 4 is 34.5 Å². The maximum Gasteiger partial charge on any atom is 0.407 e. The fourth-order valence-corrected chi connectivity index (χ4v) is 6.51. The second kappa shape index (κ2) is 13.2. The first kappa shape index (κ1) is 31.4. The molecule has 42 heavy (non-hydrogen) atoms. The number of carboxylic acid groups (broad SMARTS) is 1. The van der Waals surface area contributed by atoms with Crippen LogP contribution in [0.25, 0.3) is 22.0 Å². The molecule has 226 valence electrons. The average molecular weight is 596 g/mol. The van der Waals surface area contributed by atoms with Crippen LogP contribution in [0.5, 0.6) is 5.75 Å². The third kappa shape index (κ3) is 6.92. The van der Waals surface area contributed by atoms with Gasteiger partial charge in [-0.2, -0.15) is 0 Å². The van der Waals surface area contributed by atoms with Gasteiger partial charge in [-0.25, -0.2) is 4.79 Å². The SMILES string of the molecule is Cc1cc(C)cc(-c2c(OCCC3CCCCN3C(=O)O)c3cc(CC(=O)N(C(C)C)C(C)C)c(Cl)cc3[nH]c2=O)c1. The van der Waals surface area contributed by atoms with Crippen LogP contribution in [0.2, 0.25) is 5.02 Å². The van der Waals surface area contributed by atoms with E-state index in [0.717, 1.165) is 36.0 Å².